The van der Waals surface area contributed by atoms with Gasteiger partial charge in [-0.15, -0.1) is 0 Å². The highest BCUT2D eigenvalue weighted by molar-refractivity contribution is 6.32. The molecule has 0 atom stereocenters. The van der Waals surface area contributed by atoms with Gasteiger partial charge in [-0.3, -0.25) is 0 Å². The summed E-state index contributed by atoms with van der Waals surface area (Å²) in [5.41, 5.74) is 2.05. The lowest BCUT2D eigenvalue weighted by Crippen LogP contribution is -2.32. The van der Waals surface area contributed by atoms with Crippen molar-refractivity contribution in [3.05, 3.63) is 57.6 Å². The monoisotopic (exact) mass is 420 g/mol. The van der Waals surface area contributed by atoms with Crippen LogP contribution in [-0.4, -0.2) is 38.9 Å². The minimum atomic E-state index is -0.667. The summed E-state index contributed by atoms with van der Waals surface area (Å²) in [4.78, 5) is 35.8. The lowest BCUT2D eigenvalue weighted by Gasteiger charge is -2.13. The third-order valence-corrected chi connectivity index (χ3v) is 4.57. The van der Waals surface area contributed by atoms with Gasteiger partial charge in [-0.2, -0.15) is 0 Å². The summed E-state index contributed by atoms with van der Waals surface area (Å²) in [6, 6.07) is 6.96. The van der Waals surface area contributed by atoms with Crippen molar-refractivity contribution in [2.45, 2.75) is 13.8 Å². The molecular weight excluding hydrogens is 400 g/mol. The number of rotatable bonds is 6. The Morgan fingerprint density at radius 1 is 0.966 bits per heavy atom. The molecule has 2 aromatic carbocycles. The highest BCUT2D eigenvalue weighted by Crippen LogP contribution is 2.25. The van der Waals surface area contributed by atoms with Crippen molar-refractivity contribution >= 4 is 35.3 Å². The van der Waals surface area contributed by atoms with Crippen molar-refractivity contribution in [2.24, 2.45) is 0 Å². The number of hydrogen-bond donors (Lipinski definition) is 2. The molecule has 0 unspecified atom stereocenters. The number of methoxy groups -OCH3 is 2. The molecule has 0 aliphatic heterocycles. The Morgan fingerprint density at radius 3 is 2.17 bits per heavy atom. The number of esters is 2. The summed E-state index contributed by atoms with van der Waals surface area (Å²) in [6.07, 6.45) is 0. The Labute approximate surface area is 173 Å². The van der Waals surface area contributed by atoms with Crippen molar-refractivity contribution in [3.8, 4) is 5.75 Å². The highest BCUT2D eigenvalue weighted by Gasteiger charge is 2.17. The van der Waals surface area contributed by atoms with E-state index >= 15 is 0 Å². The van der Waals surface area contributed by atoms with Gasteiger partial charge in [0.15, 0.2) is 6.73 Å². The maximum Gasteiger partial charge on any atom is 0.339 e. The first kappa shape index (κ1) is 22.0. The Bertz CT molecular complexity index is 922. The average Bonchev–Trinajstić information content (AvgIpc) is 2.70. The molecule has 154 valence electrons. The molecule has 0 aliphatic carbocycles. The minimum absolute atomic E-state index is 0.0835. The lowest BCUT2D eigenvalue weighted by molar-refractivity contribution is 0.0587. The van der Waals surface area contributed by atoms with Crippen LogP contribution in [-0.2, 0) is 9.47 Å². The molecule has 2 amide bonds. The van der Waals surface area contributed by atoms with Crippen LogP contribution in [0.4, 0.5) is 10.5 Å². The van der Waals surface area contributed by atoms with Gasteiger partial charge in [0.2, 0.25) is 0 Å². The summed E-state index contributed by atoms with van der Waals surface area (Å²) >= 11 is 6.12. The van der Waals surface area contributed by atoms with E-state index in [4.69, 9.17) is 21.1 Å². The lowest BCUT2D eigenvalue weighted by atomic mass is 10.1. The normalized spacial score (nSPS) is 10.1. The maximum absolute atomic E-state index is 12.2. The number of carbonyl (C=O) groups is 3. The molecule has 29 heavy (non-hydrogen) atoms. The van der Waals surface area contributed by atoms with Crippen LogP contribution in [0, 0.1) is 13.8 Å². The number of nitrogens with one attached hydrogen (secondary N) is 2. The second-order valence-corrected chi connectivity index (χ2v) is 6.41. The Hall–Kier alpha value is -3.26. The molecular formula is C20H21ClN2O6. The molecule has 0 aromatic heterocycles. The quantitative estimate of drug-likeness (QED) is 0.545. The third kappa shape index (κ3) is 5.61. The fourth-order valence-electron chi connectivity index (χ4n) is 2.52. The number of benzene rings is 2. The standard InChI is InChI=1S/C20H21ClN2O6/c1-11-7-14(8-12(2)17(11)21)29-10-22-20(26)23-16-9-13(18(24)27-3)5-6-15(16)19(25)28-4/h5-9H,10H2,1-4H3,(H2,22,23,26). The SMILES string of the molecule is COC(=O)c1ccc(C(=O)OC)c(NC(=O)NCOc2cc(C)c(Cl)c(C)c2)c1. The van der Waals surface area contributed by atoms with Crippen LogP contribution in [0.5, 0.6) is 5.75 Å². The van der Waals surface area contributed by atoms with Crippen molar-refractivity contribution in [2.75, 3.05) is 26.3 Å². The van der Waals surface area contributed by atoms with Crippen LogP contribution in [0.15, 0.2) is 30.3 Å². The number of carbonyl (C=O) groups excluding carboxylic acids is 3. The molecule has 0 saturated heterocycles. The smallest absolute Gasteiger partial charge is 0.339 e. The van der Waals surface area contributed by atoms with Gasteiger partial charge in [-0.25, -0.2) is 14.4 Å². The first-order chi connectivity index (χ1) is 13.8. The Kier molecular flexibility index (Phi) is 7.44. The van der Waals surface area contributed by atoms with Gasteiger partial charge in [-0.1, -0.05) is 11.6 Å². The Balaban J connectivity index is 2.07. The van der Waals surface area contributed by atoms with E-state index in [9.17, 15) is 14.4 Å². The van der Waals surface area contributed by atoms with Crippen molar-refractivity contribution in [1.29, 1.82) is 0 Å². The predicted molar refractivity (Wildman–Crippen MR) is 108 cm³/mol. The average molecular weight is 421 g/mol. The van der Waals surface area contributed by atoms with Crippen LogP contribution in [0.1, 0.15) is 31.8 Å². The van der Waals surface area contributed by atoms with Crippen LogP contribution in [0.25, 0.3) is 0 Å². The van der Waals surface area contributed by atoms with E-state index in [1.54, 1.807) is 12.1 Å². The van der Waals surface area contributed by atoms with Gasteiger partial charge >= 0.3 is 18.0 Å². The molecule has 0 aliphatic rings. The number of ether oxygens (including phenoxy) is 3. The van der Waals surface area contributed by atoms with E-state index in [0.717, 1.165) is 11.1 Å². The summed E-state index contributed by atoms with van der Waals surface area (Å²) in [6.45, 7) is 3.58. The van der Waals surface area contributed by atoms with Crippen molar-refractivity contribution < 1.29 is 28.6 Å². The third-order valence-electron chi connectivity index (χ3n) is 3.98. The molecule has 0 bridgehead atoms. The zero-order valence-corrected chi connectivity index (χ0v) is 17.2. The van der Waals surface area contributed by atoms with Gasteiger partial charge in [0, 0.05) is 5.02 Å². The summed E-state index contributed by atoms with van der Waals surface area (Å²) in [7, 11) is 2.44. The van der Waals surface area contributed by atoms with Crippen LogP contribution in [0.3, 0.4) is 0 Å². The van der Waals surface area contributed by atoms with E-state index in [2.05, 4.69) is 15.4 Å². The van der Waals surface area contributed by atoms with Gasteiger partial charge in [0.05, 0.1) is 31.0 Å². The predicted octanol–water partition coefficient (Wildman–Crippen LogP) is 3.69. The molecule has 0 spiro atoms. The van der Waals surface area contributed by atoms with Crippen molar-refractivity contribution in [1.82, 2.24) is 5.32 Å². The largest absolute Gasteiger partial charge is 0.473 e. The van der Waals surface area contributed by atoms with Crippen LogP contribution < -0.4 is 15.4 Å². The van der Waals surface area contributed by atoms with Gasteiger partial charge < -0.3 is 24.8 Å². The fourth-order valence-corrected chi connectivity index (χ4v) is 2.63. The Morgan fingerprint density at radius 2 is 1.59 bits per heavy atom. The molecule has 2 rings (SSSR count). The molecule has 0 saturated carbocycles. The summed E-state index contributed by atoms with van der Waals surface area (Å²) < 4.78 is 14.9. The van der Waals surface area contributed by atoms with Gasteiger partial charge in [0.25, 0.3) is 0 Å². The molecule has 2 N–H and O–H groups in total. The first-order valence-electron chi connectivity index (χ1n) is 8.52. The number of halogens is 1. The summed E-state index contributed by atoms with van der Waals surface area (Å²) in [5, 5.41) is 5.67. The number of aryl methyl sites for hydroxylation is 2. The van der Waals surface area contributed by atoms with E-state index in [1.807, 2.05) is 13.8 Å². The highest BCUT2D eigenvalue weighted by atomic mass is 35.5. The maximum atomic E-state index is 12.2. The number of hydrogen-bond acceptors (Lipinski definition) is 6. The molecule has 0 radical (unpaired) electrons. The number of anilines is 1. The second-order valence-electron chi connectivity index (χ2n) is 6.03. The van der Waals surface area contributed by atoms with E-state index in [-0.39, 0.29) is 23.5 Å². The fraction of sp³-hybridized carbons (Fsp3) is 0.250. The number of amides is 2. The van der Waals surface area contributed by atoms with Crippen molar-refractivity contribution in [3.63, 3.8) is 0 Å². The van der Waals surface area contributed by atoms with E-state index < -0.39 is 18.0 Å². The molecule has 2 aromatic rings. The molecule has 0 heterocycles. The van der Waals surface area contributed by atoms with Crippen LogP contribution >= 0.6 is 11.6 Å². The molecule has 9 heteroatoms. The van der Waals surface area contributed by atoms with E-state index in [1.165, 1.54) is 32.4 Å². The van der Waals surface area contributed by atoms with Gasteiger partial charge in [-0.05, 0) is 55.3 Å². The second kappa shape index (κ2) is 9.79. The minimum Gasteiger partial charge on any atom is -0.473 e. The first-order valence-corrected chi connectivity index (χ1v) is 8.89. The van der Waals surface area contributed by atoms with Crippen LogP contribution in [0.2, 0.25) is 5.02 Å². The molecule has 8 nitrogen and oxygen atoms in total. The molecule has 0 fully saturated rings. The van der Waals surface area contributed by atoms with Gasteiger partial charge in [0.1, 0.15) is 5.75 Å². The zero-order chi connectivity index (χ0) is 21.6. The van der Waals surface area contributed by atoms with E-state index in [0.29, 0.717) is 10.8 Å². The topological polar surface area (TPSA) is 103 Å². The number of urea groups is 1. The zero-order valence-electron chi connectivity index (χ0n) is 16.4. The summed E-state index contributed by atoms with van der Waals surface area (Å²) in [5.74, 6) is -0.727.